The lowest BCUT2D eigenvalue weighted by Crippen LogP contribution is -2.42. The van der Waals surface area contributed by atoms with E-state index in [2.05, 4.69) is 11.4 Å². The Balaban J connectivity index is 1.82. The molecule has 2 aromatic rings. The number of aromatic nitrogens is 1. The number of likely N-dealkylation sites (tertiary alicyclic amines) is 1. The van der Waals surface area contributed by atoms with E-state index in [0.29, 0.717) is 24.5 Å². The van der Waals surface area contributed by atoms with Gasteiger partial charge in [-0.15, -0.1) is 0 Å². The summed E-state index contributed by atoms with van der Waals surface area (Å²) in [7, 11) is 0. The van der Waals surface area contributed by atoms with Crippen LogP contribution in [0.2, 0.25) is 0 Å². The van der Waals surface area contributed by atoms with Crippen LogP contribution < -0.4 is 5.32 Å². The van der Waals surface area contributed by atoms with Crippen LogP contribution in [0.4, 0.5) is 10.2 Å². The van der Waals surface area contributed by atoms with Crippen molar-refractivity contribution in [1.29, 1.82) is 5.26 Å². The fourth-order valence-corrected chi connectivity index (χ4v) is 3.65. The van der Waals surface area contributed by atoms with Crippen molar-refractivity contribution in [3.63, 3.8) is 0 Å². The lowest BCUT2D eigenvalue weighted by molar-refractivity contribution is -0.118. The van der Waals surface area contributed by atoms with Gasteiger partial charge in [-0.3, -0.25) is 9.69 Å². The normalized spacial score (nSPS) is 17.3. The number of carbonyl (C=O) groups excluding carboxylic acids is 1. The quantitative estimate of drug-likeness (QED) is 0.830. The lowest BCUT2D eigenvalue weighted by atomic mass is 10.1. The van der Waals surface area contributed by atoms with Crippen molar-refractivity contribution in [3.05, 3.63) is 52.5 Å². The number of carbonyl (C=O) groups is 1. The van der Waals surface area contributed by atoms with Crippen molar-refractivity contribution < 1.29 is 14.3 Å². The molecule has 0 radical (unpaired) electrons. The zero-order valence-corrected chi connectivity index (χ0v) is 16.2. The summed E-state index contributed by atoms with van der Waals surface area (Å²) >= 11 is 0. The number of β-amino-alcohol motifs (C(OH)–C–C–N with tert-alkyl or cyclic N) is 1. The number of amides is 1. The molecule has 0 aliphatic carbocycles. The highest BCUT2D eigenvalue weighted by molar-refractivity contribution is 5.93. The van der Waals surface area contributed by atoms with Crippen LogP contribution in [0.3, 0.4) is 0 Å². The Hall–Kier alpha value is -2.69. The van der Waals surface area contributed by atoms with Gasteiger partial charge in [-0.1, -0.05) is 12.1 Å². The van der Waals surface area contributed by atoms with E-state index in [4.69, 9.17) is 0 Å². The second kappa shape index (κ2) is 8.55. The molecule has 1 fully saturated rings. The molecule has 1 unspecified atom stereocenters. The van der Waals surface area contributed by atoms with Crippen molar-refractivity contribution in [2.24, 2.45) is 0 Å². The van der Waals surface area contributed by atoms with Crippen LogP contribution in [0.1, 0.15) is 35.2 Å². The summed E-state index contributed by atoms with van der Waals surface area (Å²) in [5, 5.41) is 22.3. The predicted octanol–water partition coefficient (Wildman–Crippen LogP) is 2.56. The van der Waals surface area contributed by atoms with Crippen LogP contribution in [-0.4, -0.2) is 46.2 Å². The smallest absolute Gasteiger partial charge is 0.239 e. The molecule has 1 amide bonds. The molecule has 1 aromatic heterocycles. The number of nitriles is 1. The third kappa shape index (κ3) is 4.41. The fraction of sp³-hybridized carbons (Fsp3) is 0.429. The minimum absolute atomic E-state index is 0.168. The standard InChI is InChI=1S/C21H25FN4O2/c1-14-15(2)26(11-16-5-7-17(22)8-6-16)21(19(14)10-23)24-20(28)13-25-9-3-4-18(27)12-25/h5-8,18,27H,3-4,9,11-13H2,1-2H3,(H,24,28). The van der Waals surface area contributed by atoms with E-state index in [0.717, 1.165) is 36.2 Å². The molecule has 1 atom stereocenters. The number of nitrogens with zero attached hydrogens (tertiary/aromatic N) is 3. The molecule has 148 valence electrons. The van der Waals surface area contributed by atoms with Gasteiger partial charge in [-0.25, -0.2) is 4.39 Å². The van der Waals surface area contributed by atoms with E-state index in [9.17, 15) is 19.6 Å². The van der Waals surface area contributed by atoms with Crippen molar-refractivity contribution in [2.45, 2.75) is 39.3 Å². The summed E-state index contributed by atoms with van der Waals surface area (Å²) in [5.74, 6) is -0.0630. The van der Waals surface area contributed by atoms with Gasteiger partial charge in [0.05, 0.1) is 18.2 Å². The summed E-state index contributed by atoms with van der Waals surface area (Å²) in [5.41, 5.74) is 3.00. The SMILES string of the molecule is Cc1c(C#N)c(NC(=O)CN2CCCC(O)C2)n(Cc2ccc(F)cc2)c1C. The molecule has 1 aliphatic heterocycles. The van der Waals surface area contributed by atoms with Crippen LogP contribution in [0.15, 0.2) is 24.3 Å². The largest absolute Gasteiger partial charge is 0.392 e. The van der Waals surface area contributed by atoms with Gasteiger partial charge in [0.1, 0.15) is 17.7 Å². The molecule has 7 heteroatoms. The van der Waals surface area contributed by atoms with Crippen molar-refractivity contribution >= 4 is 11.7 Å². The Morgan fingerprint density at radius 2 is 2.07 bits per heavy atom. The van der Waals surface area contributed by atoms with E-state index in [1.54, 1.807) is 12.1 Å². The Kier molecular flexibility index (Phi) is 6.12. The van der Waals surface area contributed by atoms with E-state index >= 15 is 0 Å². The van der Waals surface area contributed by atoms with Crippen molar-refractivity contribution in [2.75, 3.05) is 25.0 Å². The van der Waals surface area contributed by atoms with Gasteiger partial charge < -0.3 is 15.0 Å². The summed E-state index contributed by atoms with van der Waals surface area (Å²) < 4.78 is 15.1. The van der Waals surface area contributed by atoms with E-state index in [-0.39, 0.29) is 18.3 Å². The number of piperidine rings is 1. The third-order valence-corrected chi connectivity index (χ3v) is 5.30. The van der Waals surface area contributed by atoms with Gasteiger partial charge in [0, 0.05) is 18.8 Å². The number of rotatable bonds is 5. The maximum atomic E-state index is 13.2. The summed E-state index contributed by atoms with van der Waals surface area (Å²) in [6.07, 6.45) is 1.22. The molecule has 6 nitrogen and oxygen atoms in total. The second-order valence-electron chi connectivity index (χ2n) is 7.34. The van der Waals surface area contributed by atoms with Gasteiger partial charge in [-0.05, 0) is 56.5 Å². The molecule has 2 N–H and O–H groups in total. The van der Waals surface area contributed by atoms with E-state index in [1.807, 2.05) is 23.3 Å². The predicted molar refractivity (Wildman–Crippen MR) is 104 cm³/mol. The Labute approximate surface area is 164 Å². The first-order valence-corrected chi connectivity index (χ1v) is 9.43. The second-order valence-corrected chi connectivity index (χ2v) is 7.34. The lowest BCUT2D eigenvalue weighted by Gasteiger charge is -2.29. The average Bonchev–Trinajstić information content (AvgIpc) is 2.87. The number of hydrogen-bond donors (Lipinski definition) is 2. The number of aliphatic hydroxyl groups is 1. The molecule has 2 heterocycles. The third-order valence-electron chi connectivity index (χ3n) is 5.30. The number of nitrogens with one attached hydrogen (secondary N) is 1. The molecular formula is C21H25FN4O2. The van der Waals surface area contributed by atoms with Crippen LogP contribution in [0.5, 0.6) is 0 Å². The minimum Gasteiger partial charge on any atom is -0.392 e. The van der Waals surface area contributed by atoms with Crippen molar-refractivity contribution in [3.8, 4) is 6.07 Å². The zero-order valence-electron chi connectivity index (χ0n) is 16.2. The average molecular weight is 384 g/mol. The first kappa shape index (κ1) is 20.1. The Morgan fingerprint density at radius 3 is 2.71 bits per heavy atom. The summed E-state index contributed by atoms with van der Waals surface area (Å²) in [6, 6.07) is 8.36. The van der Waals surface area contributed by atoms with Crippen LogP contribution in [0.25, 0.3) is 0 Å². The van der Waals surface area contributed by atoms with Gasteiger partial charge in [-0.2, -0.15) is 5.26 Å². The monoisotopic (exact) mass is 384 g/mol. The molecule has 1 saturated heterocycles. The first-order chi connectivity index (χ1) is 13.4. The highest BCUT2D eigenvalue weighted by atomic mass is 19.1. The summed E-state index contributed by atoms with van der Waals surface area (Å²) in [4.78, 5) is 14.5. The fourth-order valence-electron chi connectivity index (χ4n) is 3.65. The van der Waals surface area contributed by atoms with E-state index in [1.165, 1.54) is 12.1 Å². The number of aliphatic hydroxyl groups excluding tert-OH is 1. The van der Waals surface area contributed by atoms with Gasteiger partial charge in [0.2, 0.25) is 5.91 Å². The van der Waals surface area contributed by atoms with Crippen LogP contribution >= 0.6 is 0 Å². The molecule has 0 spiro atoms. The van der Waals surface area contributed by atoms with Gasteiger partial charge >= 0.3 is 0 Å². The van der Waals surface area contributed by atoms with E-state index < -0.39 is 6.10 Å². The number of hydrogen-bond acceptors (Lipinski definition) is 4. The number of anilines is 1. The van der Waals surface area contributed by atoms with Gasteiger partial charge in [0.25, 0.3) is 0 Å². The van der Waals surface area contributed by atoms with Crippen LogP contribution in [0, 0.1) is 31.0 Å². The first-order valence-electron chi connectivity index (χ1n) is 9.43. The Morgan fingerprint density at radius 1 is 1.36 bits per heavy atom. The maximum Gasteiger partial charge on any atom is 0.239 e. The highest BCUT2D eigenvalue weighted by Crippen LogP contribution is 2.27. The minimum atomic E-state index is -0.400. The molecule has 1 aliphatic rings. The summed E-state index contributed by atoms with van der Waals surface area (Å²) in [6.45, 7) is 5.59. The molecule has 3 rings (SSSR count). The topological polar surface area (TPSA) is 81.3 Å². The number of benzene rings is 1. The Bertz CT molecular complexity index is 899. The molecule has 28 heavy (non-hydrogen) atoms. The number of halogens is 1. The van der Waals surface area contributed by atoms with Crippen LogP contribution in [-0.2, 0) is 11.3 Å². The molecule has 1 aromatic carbocycles. The molecule has 0 bridgehead atoms. The maximum absolute atomic E-state index is 13.2. The molecule has 0 saturated carbocycles. The van der Waals surface area contributed by atoms with Crippen molar-refractivity contribution in [1.82, 2.24) is 9.47 Å². The highest BCUT2D eigenvalue weighted by Gasteiger charge is 2.23. The zero-order chi connectivity index (χ0) is 20.3. The van der Waals surface area contributed by atoms with Gasteiger partial charge in [0.15, 0.2) is 0 Å². The molecular weight excluding hydrogens is 359 g/mol.